The monoisotopic (exact) mass is 307 g/mol. The number of benzene rings is 2. The summed E-state index contributed by atoms with van der Waals surface area (Å²) in [6, 6.07) is 12.0. The first-order chi connectivity index (χ1) is 10.3. The molecule has 22 heavy (non-hydrogen) atoms. The molecule has 1 amide bonds. The predicted molar refractivity (Wildman–Crippen MR) is 80.0 cm³/mol. The molecule has 0 radical (unpaired) electrons. The first-order valence-corrected chi connectivity index (χ1v) is 6.89. The van der Waals surface area contributed by atoms with E-state index in [1.165, 1.54) is 23.1 Å². The van der Waals surface area contributed by atoms with Crippen molar-refractivity contribution in [1.29, 1.82) is 0 Å². The molecule has 0 saturated carbocycles. The summed E-state index contributed by atoms with van der Waals surface area (Å²) in [5.41, 5.74) is 0.279. The Labute approximate surface area is 127 Å². The minimum atomic E-state index is -4.56. The summed E-state index contributed by atoms with van der Waals surface area (Å²) < 4.78 is 39.2. The van der Waals surface area contributed by atoms with Gasteiger partial charge >= 0.3 is 6.18 Å². The molecular weight excluding hydrogens is 291 g/mol. The summed E-state index contributed by atoms with van der Waals surface area (Å²) >= 11 is 0. The molecule has 2 nitrogen and oxygen atoms in total. The molecule has 0 unspecified atom stereocenters. The Balaban J connectivity index is 2.46. The van der Waals surface area contributed by atoms with Gasteiger partial charge < -0.3 is 4.90 Å². The SMILES string of the molecule is CCN(C(=O)c1ccccc1C(F)(F)F)c1cccc(C)c1. The van der Waals surface area contributed by atoms with Gasteiger partial charge in [-0.1, -0.05) is 24.3 Å². The van der Waals surface area contributed by atoms with Crippen LogP contribution in [-0.2, 0) is 6.18 Å². The van der Waals surface area contributed by atoms with Gasteiger partial charge in [0.2, 0.25) is 0 Å². The molecular formula is C17H16F3NO. The van der Waals surface area contributed by atoms with E-state index in [2.05, 4.69) is 0 Å². The topological polar surface area (TPSA) is 20.3 Å². The highest BCUT2D eigenvalue weighted by molar-refractivity contribution is 6.07. The number of hydrogen-bond donors (Lipinski definition) is 0. The van der Waals surface area contributed by atoms with E-state index in [0.29, 0.717) is 5.69 Å². The second kappa shape index (κ2) is 6.22. The average Bonchev–Trinajstić information content (AvgIpc) is 2.47. The van der Waals surface area contributed by atoms with Crippen LogP contribution in [0, 0.1) is 6.92 Å². The van der Waals surface area contributed by atoms with Crippen molar-refractivity contribution in [3.8, 4) is 0 Å². The smallest absolute Gasteiger partial charge is 0.309 e. The molecule has 116 valence electrons. The van der Waals surface area contributed by atoms with Crippen LogP contribution in [0.25, 0.3) is 0 Å². The van der Waals surface area contributed by atoms with Gasteiger partial charge in [0.15, 0.2) is 0 Å². The van der Waals surface area contributed by atoms with Gasteiger partial charge in [-0.25, -0.2) is 0 Å². The van der Waals surface area contributed by atoms with Crippen LogP contribution in [0.3, 0.4) is 0 Å². The first kappa shape index (κ1) is 16.1. The third-order valence-electron chi connectivity index (χ3n) is 3.34. The molecule has 2 rings (SSSR count). The summed E-state index contributed by atoms with van der Waals surface area (Å²) in [7, 11) is 0. The Hall–Kier alpha value is -2.30. The summed E-state index contributed by atoms with van der Waals surface area (Å²) in [5.74, 6) is -0.652. The molecule has 0 heterocycles. The van der Waals surface area contributed by atoms with E-state index in [1.54, 1.807) is 25.1 Å². The largest absolute Gasteiger partial charge is 0.417 e. The van der Waals surface area contributed by atoms with Crippen LogP contribution in [0.1, 0.15) is 28.4 Å². The molecule has 0 saturated heterocycles. The number of anilines is 1. The number of nitrogens with zero attached hydrogens (tertiary/aromatic N) is 1. The number of hydrogen-bond acceptors (Lipinski definition) is 1. The van der Waals surface area contributed by atoms with Crippen LogP contribution >= 0.6 is 0 Å². The second-order valence-electron chi connectivity index (χ2n) is 4.93. The summed E-state index contributed by atoms with van der Waals surface area (Å²) in [6.07, 6.45) is -4.56. The maximum absolute atomic E-state index is 13.1. The number of alkyl halides is 3. The molecule has 0 fully saturated rings. The Morgan fingerprint density at radius 1 is 1.09 bits per heavy atom. The van der Waals surface area contributed by atoms with Gasteiger partial charge in [0.1, 0.15) is 0 Å². The fourth-order valence-electron chi connectivity index (χ4n) is 2.30. The number of halogens is 3. The average molecular weight is 307 g/mol. The summed E-state index contributed by atoms with van der Waals surface area (Å²) in [6.45, 7) is 3.89. The highest BCUT2D eigenvalue weighted by Crippen LogP contribution is 2.33. The lowest BCUT2D eigenvalue weighted by atomic mass is 10.1. The molecule has 0 aliphatic carbocycles. The molecule has 0 spiro atoms. The Morgan fingerprint density at radius 3 is 2.36 bits per heavy atom. The lowest BCUT2D eigenvalue weighted by molar-refractivity contribution is -0.137. The second-order valence-corrected chi connectivity index (χ2v) is 4.93. The van der Waals surface area contributed by atoms with Gasteiger partial charge in [0, 0.05) is 12.2 Å². The number of carbonyl (C=O) groups excluding carboxylic acids is 1. The van der Waals surface area contributed by atoms with Gasteiger partial charge in [-0.3, -0.25) is 4.79 Å². The van der Waals surface area contributed by atoms with E-state index in [9.17, 15) is 18.0 Å². The maximum Gasteiger partial charge on any atom is 0.417 e. The van der Waals surface area contributed by atoms with Crippen molar-refractivity contribution >= 4 is 11.6 Å². The van der Waals surface area contributed by atoms with Gasteiger partial charge in [-0.05, 0) is 43.7 Å². The Morgan fingerprint density at radius 2 is 1.77 bits per heavy atom. The Kier molecular flexibility index (Phi) is 4.54. The van der Waals surface area contributed by atoms with Crippen molar-refractivity contribution in [2.75, 3.05) is 11.4 Å². The zero-order chi connectivity index (χ0) is 16.3. The molecule has 0 bridgehead atoms. The van der Waals surface area contributed by atoms with Crippen molar-refractivity contribution in [1.82, 2.24) is 0 Å². The summed E-state index contributed by atoms with van der Waals surface area (Å²) in [4.78, 5) is 13.9. The van der Waals surface area contributed by atoms with Crippen molar-refractivity contribution in [3.63, 3.8) is 0 Å². The van der Waals surface area contributed by atoms with Gasteiger partial charge in [-0.2, -0.15) is 13.2 Å². The van der Waals surface area contributed by atoms with Gasteiger partial charge in [0.25, 0.3) is 5.91 Å². The normalized spacial score (nSPS) is 11.3. The molecule has 0 aliphatic rings. The standard InChI is InChI=1S/C17H16F3NO/c1-3-21(13-8-6-7-12(2)11-13)16(22)14-9-4-5-10-15(14)17(18,19)20/h4-11H,3H2,1-2H3. The first-order valence-electron chi connectivity index (χ1n) is 6.89. The maximum atomic E-state index is 13.1. The summed E-state index contributed by atoms with van der Waals surface area (Å²) in [5, 5.41) is 0. The van der Waals surface area contributed by atoms with Crippen LogP contribution in [0.5, 0.6) is 0 Å². The Bertz CT molecular complexity index is 680. The zero-order valence-electron chi connectivity index (χ0n) is 12.3. The highest BCUT2D eigenvalue weighted by Gasteiger charge is 2.35. The van der Waals surface area contributed by atoms with Crippen LogP contribution in [0.15, 0.2) is 48.5 Å². The lowest BCUT2D eigenvalue weighted by Crippen LogP contribution is -2.32. The van der Waals surface area contributed by atoms with E-state index in [1.807, 2.05) is 13.0 Å². The fourth-order valence-corrected chi connectivity index (χ4v) is 2.30. The fraction of sp³-hybridized carbons (Fsp3) is 0.235. The number of carbonyl (C=O) groups is 1. The number of amides is 1. The molecule has 5 heteroatoms. The van der Waals surface area contributed by atoms with Gasteiger partial charge in [0.05, 0.1) is 11.1 Å². The molecule has 0 aromatic heterocycles. The number of rotatable bonds is 3. The zero-order valence-corrected chi connectivity index (χ0v) is 12.3. The molecule has 0 N–H and O–H groups in total. The van der Waals surface area contributed by atoms with E-state index in [-0.39, 0.29) is 12.1 Å². The molecule has 0 atom stereocenters. The van der Waals surface area contributed by atoms with E-state index in [4.69, 9.17) is 0 Å². The van der Waals surface area contributed by atoms with Crippen molar-refractivity contribution in [2.24, 2.45) is 0 Å². The van der Waals surface area contributed by atoms with E-state index in [0.717, 1.165) is 11.6 Å². The van der Waals surface area contributed by atoms with Crippen molar-refractivity contribution < 1.29 is 18.0 Å². The van der Waals surface area contributed by atoms with Crippen LogP contribution < -0.4 is 4.90 Å². The van der Waals surface area contributed by atoms with Crippen molar-refractivity contribution in [3.05, 3.63) is 65.2 Å². The molecule has 0 aliphatic heterocycles. The van der Waals surface area contributed by atoms with Crippen molar-refractivity contribution in [2.45, 2.75) is 20.0 Å². The van der Waals surface area contributed by atoms with Crippen LogP contribution in [0.4, 0.5) is 18.9 Å². The predicted octanol–water partition coefficient (Wildman–Crippen LogP) is 4.68. The molecule has 2 aromatic rings. The van der Waals surface area contributed by atoms with E-state index < -0.39 is 17.6 Å². The highest BCUT2D eigenvalue weighted by atomic mass is 19.4. The van der Waals surface area contributed by atoms with Crippen LogP contribution in [0.2, 0.25) is 0 Å². The molecule has 2 aromatic carbocycles. The van der Waals surface area contributed by atoms with Gasteiger partial charge in [-0.15, -0.1) is 0 Å². The van der Waals surface area contributed by atoms with E-state index >= 15 is 0 Å². The minimum Gasteiger partial charge on any atom is -0.309 e. The number of aryl methyl sites for hydroxylation is 1. The lowest BCUT2D eigenvalue weighted by Gasteiger charge is -2.23. The third kappa shape index (κ3) is 3.30. The van der Waals surface area contributed by atoms with Crippen LogP contribution in [-0.4, -0.2) is 12.5 Å². The minimum absolute atomic E-state index is 0.286. The quantitative estimate of drug-likeness (QED) is 0.806. The third-order valence-corrected chi connectivity index (χ3v) is 3.34.